The van der Waals surface area contributed by atoms with Crippen LogP contribution < -0.4 is 5.73 Å². The molecule has 2 nitrogen and oxygen atoms in total. The molecule has 0 saturated carbocycles. The van der Waals surface area contributed by atoms with Crippen LogP contribution in [0.3, 0.4) is 0 Å². The molecule has 0 aliphatic rings. The van der Waals surface area contributed by atoms with Gasteiger partial charge in [0.15, 0.2) is 0 Å². The van der Waals surface area contributed by atoms with E-state index in [0.29, 0.717) is 12.6 Å². The number of nitrogens with zero attached hydrogens (tertiary/aromatic N) is 1. The summed E-state index contributed by atoms with van der Waals surface area (Å²) in [6, 6.07) is 2.34. The summed E-state index contributed by atoms with van der Waals surface area (Å²) in [6.45, 7) is 5.98. The summed E-state index contributed by atoms with van der Waals surface area (Å²) in [5.41, 5.74) is 3.25. The third-order valence-electron chi connectivity index (χ3n) is 4.85. The van der Waals surface area contributed by atoms with Gasteiger partial charge in [0, 0.05) is 34.8 Å². The van der Waals surface area contributed by atoms with Gasteiger partial charge in [0.1, 0.15) is 11.6 Å². The minimum atomic E-state index is -4.92. The Bertz CT molecular complexity index is 1110. The van der Waals surface area contributed by atoms with Gasteiger partial charge in [0.2, 0.25) is 0 Å². The Morgan fingerprint density at radius 1 is 0.968 bits per heavy atom. The molecule has 1 atom stereocenters. The van der Waals surface area contributed by atoms with Crippen LogP contribution in [0.4, 0.5) is 30.7 Å². The molecule has 0 aliphatic carbocycles. The number of nitrogens with two attached hydrogens (primary N) is 1. The maximum absolute atomic E-state index is 15.0. The summed E-state index contributed by atoms with van der Waals surface area (Å²) in [5.74, 6) is -2.17. The van der Waals surface area contributed by atoms with E-state index in [9.17, 15) is 30.7 Å². The summed E-state index contributed by atoms with van der Waals surface area (Å²) in [5, 5.41) is 0.0916. The predicted octanol–water partition coefficient (Wildman–Crippen LogP) is 6.92. The first kappa shape index (κ1) is 23.1. The number of halogens is 7. The van der Waals surface area contributed by atoms with Gasteiger partial charge < -0.3 is 10.3 Å². The maximum atomic E-state index is 15.0. The summed E-state index contributed by atoms with van der Waals surface area (Å²) >= 11 is 0. The van der Waals surface area contributed by atoms with E-state index in [0.717, 1.165) is 18.2 Å². The minimum Gasteiger partial charge on any atom is -0.347 e. The van der Waals surface area contributed by atoms with E-state index >= 15 is 0 Å². The highest BCUT2D eigenvalue weighted by Gasteiger charge is 2.35. The molecule has 1 heterocycles. The van der Waals surface area contributed by atoms with Crippen molar-refractivity contribution in [2.75, 3.05) is 0 Å². The van der Waals surface area contributed by atoms with Crippen LogP contribution in [-0.2, 0) is 12.7 Å². The van der Waals surface area contributed by atoms with E-state index < -0.39 is 47.0 Å². The molecule has 0 spiro atoms. The van der Waals surface area contributed by atoms with Gasteiger partial charge in [-0.2, -0.15) is 13.2 Å². The second kappa shape index (κ2) is 7.85. The van der Waals surface area contributed by atoms with Gasteiger partial charge in [-0.1, -0.05) is 26.8 Å². The zero-order chi connectivity index (χ0) is 23.3. The van der Waals surface area contributed by atoms with Crippen molar-refractivity contribution in [2.24, 2.45) is 11.1 Å². The van der Waals surface area contributed by atoms with E-state index in [4.69, 9.17) is 5.73 Å². The SMILES string of the molecule is CC(C)(C)Cn1cc(C(N)C(F)F)c2cc(F)c(-c3ccc(F)cc3C(F)(F)F)cc21. The number of benzene rings is 2. The zero-order valence-corrected chi connectivity index (χ0v) is 17.0. The molecule has 3 aromatic rings. The molecular formula is C22H21F7N2. The summed E-state index contributed by atoms with van der Waals surface area (Å²) < 4.78 is 97.0. The quantitative estimate of drug-likeness (QED) is 0.434. The molecule has 0 fully saturated rings. The van der Waals surface area contributed by atoms with Crippen molar-refractivity contribution in [3.8, 4) is 11.1 Å². The smallest absolute Gasteiger partial charge is 0.347 e. The molecule has 0 aliphatic heterocycles. The van der Waals surface area contributed by atoms with E-state index in [-0.39, 0.29) is 21.9 Å². The first-order chi connectivity index (χ1) is 14.2. The second-order valence-electron chi connectivity index (χ2n) is 8.67. The average molecular weight is 446 g/mol. The van der Waals surface area contributed by atoms with Gasteiger partial charge >= 0.3 is 6.18 Å². The van der Waals surface area contributed by atoms with Crippen molar-refractivity contribution < 1.29 is 30.7 Å². The van der Waals surface area contributed by atoms with Crippen LogP contribution >= 0.6 is 0 Å². The van der Waals surface area contributed by atoms with E-state index in [2.05, 4.69) is 0 Å². The highest BCUT2D eigenvalue weighted by Crippen LogP contribution is 2.41. The number of hydrogen-bond acceptors (Lipinski definition) is 1. The Kier molecular flexibility index (Phi) is 5.86. The molecule has 0 amide bonds. The van der Waals surface area contributed by atoms with Crippen LogP contribution in [0.15, 0.2) is 36.5 Å². The fraction of sp³-hybridized carbons (Fsp3) is 0.364. The number of aromatic nitrogens is 1. The van der Waals surface area contributed by atoms with E-state index in [1.165, 1.54) is 12.3 Å². The second-order valence-corrected chi connectivity index (χ2v) is 8.67. The fourth-order valence-corrected chi connectivity index (χ4v) is 3.57. The molecule has 2 N–H and O–H groups in total. The van der Waals surface area contributed by atoms with Gasteiger partial charge in [-0.3, -0.25) is 0 Å². The van der Waals surface area contributed by atoms with Crippen LogP contribution in [-0.4, -0.2) is 11.0 Å². The van der Waals surface area contributed by atoms with E-state index in [1.807, 2.05) is 20.8 Å². The Balaban J connectivity index is 2.32. The van der Waals surface area contributed by atoms with Crippen molar-refractivity contribution in [1.29, 1.82) is 0 Å². The molecule has 2 aromatic carbocycles. The summed E-state index contributed by atoms with van der Waals surface area (Å²) in [4.78, 5) is 0. The third-order valence-corrected chi connectivity index (χ3v) is 4.85. The minimum absolute atomic E-state index is 0.00477. The predicted molar refractivity (Wildman–Crippen MR) is 105 cm³/mol. The van der Waals surface area contributed by atoms with Crippen molar-refractivity contribution in [2.45, 2.75) is 46.0 Å². The number of hydrogen-bond donors (Lipinski definition) is 1. The zero-order valence-electron chi connectivity index (χ0n) is 17.0. The Morgan fingerprint density at radius 2 is 1.61 bits per heavy atom. The highest BCUT2D eigenvalue weighted by molar-refractivity contribution is 5.89. The summed E-state index contributed by atoms with van der Waals surface area (Å²) in [6.07, 6.45) is -6.45. The lowest BCUT2D eigenvalue weighted by Gasteiger charge is -2.20. The molecule has 1 aromatic heterocycles. The van der Waals surface area contributed by atoms with Crippen LogP contribution in [0.2, 0.25) is 0 Å². The van der Waals surface area contributed by atoms with Gasteiger partial charge in [-0.15, -0.1) is 0 Å². The van der Waals surface area contributed by atoms with Crippen molar-refractivity contribution >= 4 is 10.9 Å². The standard InChI is InChI=1S/C22H21F7N2/c1-21(2,3)10-31-9-15(19(30)20(25)26)14-7-17(24)13(8-18(14)31)12-5-4-11(23)6-16(12)22(27,28)29/h4-9,19-20H,10,30H2,1-3H3. The number of rotatable bonds is 4. The molecule has 0 radical (unpaired) electrons. The Labute approximate surface area is 174 Å². The first-order valence-electron chi connectivity index (χ1n) is 9.42. The van der Waals surface area contributed by atoms with Crippen LogP contribution in [0.5, 0.6) is 0 Å². The lowest BCUT2D eigenvalue weighted by Crippen LogP contribution is -2.19. The largest absolute Gasteiger partial charge is 0.417 e. The molecular weight excluding hydrogens is 425 g/mol. The monoisotopic (exact) mass is 446 g/mol. The molecule has 0 bridgehead atoms. The van der Waals surface area contributed by atoms with Crippen LogP contribution in [0, 0.1) is 17.0 Å². The molecule has 9 heteroatoms. The molecule has 0 saturated heterocycles. The summed E-state index contributed by atoms with van der Waals surface area (Å²) in [7, 11) is 0. The van der Waals surface area contributed by atoms with Crippen molar-refractivity contribution in [1.82, 2.24) is 4.57 Å². The number of fused-ring (bicyclic) bond motifs is 1. The molecule has 3 rings (SSSR count). The Hall–Kier alpha value is -2.55. The van der Waals surface area contributed by atoms with E-state index in [1.54, 1.807) is 4.57 Å². The van der Waals surface area contributed by atoms with Crippen LogP contribution in [0.25, 0.3) is 22.0 Å². The van der Waals surface area contributed by atoms with Gasteiger partial charge in [0.05, 0.1) is 11.6 Å². The molecule has 1 unspecified atom stereocenters. The third kappa shape index (κ3) is 4.71. The lowest BCUT2D eigenvalue weighted by atomic mass is 9.95. The average Bonchev–Trinajstić information content (AvgIpc) is 2.95. The molecule has 31 heavy (non-hydrogen) atoms. The normalized spacial score (nSPS) is 13.9. The Morgan fingerprint density at radius 3 is 2.16 bits per heavy atom. The van der Waals surface area contributed by atoms with Crippen LogP contribution in [0.1, 0.15) is 37.9 Å². The first-order valence-corrected chi connectivity index (χ1v) is 9.42. The molecule has 168 valence electrons. The topological polar surface area (TPSA) is 30.9 Å². The van der Waals surface area contributed by atoms with Gasteiger partial charge in [0.25, 0.3) is 6.43 Å². The highest BCUT2D eigenvalue weighted by atomic mass is 19.4. The fourth-order valence-electron chi connectivity index (χ4n) is 3.57. The lowest BCUT2D eigenvalue weighted by molar-refractivity contribution is -0.137. The van der Waals surface area contributed by atoms with Crippen molar-refractivity contribution in [3.05, 3.63) is 59.3 Å². The van der Waals surface area contributed by atoms with Crippen molar-refractivity contribution in [3.63, 3.8) is 0 Å². The maximum Gasteiger partial charge on any atom is 0.417 e. The number of alkyl halides is 5. The van der Waals surface area contributed by atoms with Gasteiger partial charge in [-0.25, -0.2) is 17.6 Å². The van der Waals surface area contributed by atoms with Gasteiger partial charge in [-0.05, 0) is 35.2 Å².